The number of rotatable bonds is 10. The van der Waals surface area contributed by atoms with Gasteiger partial charge in [0.2, 0.25) is 5.82 Å². The molecule has 0 bridgehead atoms. The van der Waals surface area contributed by atoms with E-state index in [1.54, 1.807) is 13.3 Å². The lowest BCUT2D eigenvalue weighted by Crippen LogP contribution is -2.45. The summed E-state index contributed by atoms with van der Waals surface area (Å²) >= 11 is 6.45. The first-order chi connectivity index (χ1) is 17.7. The van der Waals surface area contributed by atoms with Gasteiger partial charge in [-0.3, -0.25) is 14.7 Å². The number of carboxylic acid groups (broad SMARTS) is 1. The van der Waals surface area contributed by atoms with Crippen LogP contribution < -0.4 is 9.47 Å². The van der Waals surface area contributed by atoms with Crippen molar-refractivity contribution in [2.45, 2.75) is 32.1 Å². The molecule has 0 aliphatic carbocycles. The van der Waals surface area contributed by atoms with Gasteiger partial charge in [-0.2, -0.15) is 4.39 Å². The van der Waals surface area contributed by atoms with Gasteiger partial charge in [0, 0.05) is 30.3 Å². The molecule has 10 heteroatoms. The van der Waals surface area contributed by atoms with Crippen LogP contribution in [0.1, 0.15) is 31.2 Å². The van der Waals surface area contributed by atoms with Gasteiger partial charge >= 0.3 is 5.97 Å². The van der Waals surface area contributed by atoms with Gasteiger partial charge in [0.15, 0.2) is 11.6 Å². The summed E-state index contributed by atoms with van der Waals surface area (Å²) in [5, 5.41) is 11.5. The fraction of sp³-hybridized carbons (Fsp3) is 0.407. The molecule has 0 spiro atoms. The Balaban J connectivity index is 1.33. The summed E-state index contributed by atoms with van der Waals surface area (Å²) in [7, 11) is 1.59. The molecule has 4 rings (SSSR count). The zero-order valence-corrected chi connectivity index (χ0v) is 21.2. The molecule has 2 aromatic carbocycles. The van der Waals surface area contributed by atoms with E-state index in [4.69, 9.17) is 21.1 Å². The Hall–Kier alpha value is -3.04. The third-order valence-electron chi connectivity index (χ3n) is 7.11. The van der Waals surface area contributed by atoms with Gasteiger partial charge < -0.3 is 14.6 Å². The Kier molecular flexibility index (Phi) is 8.44. The Morgan fingerprint density at radius 3 is 2.65 bits per heavy atom. The number of fused-ring (bicyclic) bond motifs is 1. The van der Waals surface area contributed by atoms with Gasteiger partial charge in [-0.25, -0.2) is 8.78 Å². The molecule has 1 aliphatic heterocycles. The van der Waals surface area contributed by atoms with Gasteiger partial charge in [0.25, 0.3) is 0 Å². The lowest BCUT2D eigenvalue weighted by atomic mass is 9.74. The quantitative estimate of drug-likeness (QED) is 0.326. The molecule has 1 aromatic heterocycles. The minimum absolute atomic E-state index is 0.0248. The van der Waals surface area contributed by atoms with Gasteiger partial charge in [0.1, 0.15) is 18.2 Å². The molecular weight excluding hydrogens is 509 g/mol. The second-order valence-corrected chi connectivity index (χ2v) is 9.70. The van der Waals surface area contributed by atoms with Gasteiger partial charge in [-0.05, 0) is 69.0 Å². The minimum atomic E-state index is -1.31. The van der Waals surface area contributed by atoms with Gasteiger partial charge in [-0.15, -0.1) is 0 Å². The molecule has 1 aliphatic rings. The van der Waals surface area contributed by atoms with Crippen molar-refractivity contribution in [2.24, 2.45) is 5.41 Å². The highest BCUT2D eigenvalue weighted by molar-refractivity contribution is 6.32. The fourth-order valence-corrected chi connectivity index (χ4v) is 5.13. The van der Waals surface area contributed by atoms with Crippen molar-refractivity contribution in [1.29, 1.82) is 0 Å². The Bertz CT molecular complexity index is 1280. The van der Waals surface area contributed by atoms with Crippen molar-refractivity contribution in [3.63, 3.8) is 0 Å². The molecule has 6 nitrogen and oxygen atoms in total. The first-order valence-corrected chi connectivity index (χ1v) is 12.4. The number of hydrogen-bond donors (Lipinski definition) is 1. The molecule has 1 fully saturated rings. The normalized spacial score (nSPS) is 15.6. The van der Waals surface area contributed by atoms with Crippen molar-refractivity contribution < 1.29 is 32.5 Å². The number of hydrogen-bond acceptors (Lipinski definition) is 5. The van der Waals surface area contributed by atoms with E-state index >= 15 is 0 Å². The third-order valence-corrected chi connectivity index (χ3v) is 7.43. The van der Waals surface area contributed by atoms with Crippen LogP contribution in [0.3, 0.4) is 0 Å². The Morgan fingerprint density at radius 1 is 1.19 bits per heavy atom. The average Bonchev–Trinajstić information content (AvgIpc) is 2.88. The van der Waals surface area contributed by atoms with E-state index in [9.17, 15) is 23.1 Å². The standard InChI is InChI=1S/C27H28ClF3N2O4/c1-36-18-4-5-23-20(15-18)19(21(28)16-32-23)3-2-6-27(26(34)35)7-9-33(10-8-27)11-12-37-24-14-17(29)13-22(30)25(24)31/h4-5,13-16H,2-3,6-12H2,1H3,(H,34,35). The van der Waals surface area contributed by atoms with Crippen LogP contribution in [-0.4, -0.2) is 54.3 Å². The molecule has 198 valence electrons. The minimum Gasteiger partial charge on any atom is -0.497 e. The van der Waals surface area contributed by atoms with E-state index in [0.717, 1.165) is 22.5 Å². The van der Waals surface area contributed by atoms with E-state index in [2.05, 4.69) is 4.98 Å². The van der Waals surface area contributed by atoms with Crippen molar-refractivity contribution >= 4 is 28.5 Å². The topological polar surface area (TPSA) is 71.9 Å². The molecule has 0 atom stereocenters. The molecule has 2 heterocycles. The number of carbonyl (C=O) groups is 1. The van der Waals surface area contributed by atoms with Gasteiger partial charge in [-0.1, -0.05) is 11.6 Å². The molecule has 1 N–H and O–H groups in total. The highest BCUT2D eigenvalue weighted by Crippen LogP contribution is 2.38. The maximum Gasteiger partial charge on any atom is 0.309 e. The summed E-state index contributed by atoms with van der Waals surface area (Å²) in [4.78, 5) is 18.7. The van der Waals surface area contributed by atoms with Crippen LogP contribution >= 0.6 is 11.6 Å². The number of halogens is 4. The Morgan fingerprint density at radius 2 is 1.95 bits per heavy atom. The summed E-state index contributed by atoms with van der Waals surface area (Å²) in [6.07, 6.45) is 4.24. The van der Waals surface area contributed by atoms with E-state index in [1.807, 2.05) is 23.1 Å². The zero-order chi connectivity index (χ0) is 26.6. The molecular formula is C27H28ClF3N2O4. The highest BCUT2D eigenvalue weighted by atomic mass is 35.5. The van der Waals surface area contributed by atoms with Crippen LogP contribution in [0.5, 0.6) is 11.5 Å². The first kappa shape index (κ1) is 27.0. The van der Waals surface area contributed by atoms with E-state index in [0.29, 0.717) is 68.6 Å². The fourth-order valence-electron chi connectivity index (χ4n) is 4.88. The third kappa shape index (κ3) is 6.10. The number of likely N-dealkylation sites (tertiary alicyclic amines) is 1. The summed E-state index contributed by atoms with van der Waals surface area (Å²) in [5.41, 5.74) is 0.855. The lowest BCUT2D eigenvalue weighted by molar-refractivity contribution is -0.152. The lowest BCUT2D eigenvalue weighted by Gasteiger charge is -2.39. The van der Waals surface area contributed by atoms with Crippen LogP contribution in [0, 0.1) is 22.9 Å². The second kappa shape index (κ2) is 11.6. The van der Waals surface area contributed by atoms with Gasteiger partial charge in [0.05, 0.1) is 23.1 Å². The first-order valence-electron chi connectivity index (χ1n) is 12.1. The van der Waals surface area contributed by atoms with Crippen molar-refractivity contribution in [3.8, 4) is 11.5 Å². The molecule has 3 aromatic rings. The predicted molar refractivity (Wildman–Crippen MR) is 134 cm³/mol. The molecule has 1 saturated heterocycles. The molecule has 0 saturated carbocycles. The maximum atomic E-state index is 13.8. The summed E-state index contributed by atoms with van der Waals surface area (Å²) in [5.74, 6) is -4.06. The van der Waals surface area contributed by atoms with Crippen LogP contribution in [-0.2, 0) is 11.2 Å². The SMILES string of the molecule is COc1ccc2ncc(Cl)c(CCCC3(C(=O)O)CCN(CCOc4cc(F)cc(F)c4F)CC3)c2c1. The number of aromatic nitrogens is 1. The van der Waals surface area contributed by atoms with E-state index in [-0.39, 0.29) is 6.61 Å². The number of carboxylic acids is 1. The number of benzene rings is 2. The average molecular weight is 537 g/mol. The number of nitrogens with zero attached hydrogens (tertiary/aromatic N) is 2. The number of aryl methyl sites for hydroxylation is 1. The summed E-state index contributed by atoms with van der Waals surface area (Å²) < 4.78 is 51.0. The summed E-state index contributed by atoms with van der Waals surface area (Å²) in [6, 6.07) is 6.85. The molecule has 0 amide bonds. The predicted octanol–water partition coefficient (Wildman–Crippen LogP) is 5.88. The second-order valence-electron chi connectivity index (χ2n) is 9.30. The molecule has 37 heavy (non-hydrogen) atoms. The van der Waals surface area contributed by atoms with Crippen molar-refractivity contribution in [3.05, 3.63) is 64.6 Å². The largest absolute Gasteiger partial charge is 0.497 e. The zero-order valence-electron chi connectivity index (χ0n) is 20.4. The maximum absolute atomic E-state index is 13.8. The monoisotopic (exact) mass is 536 g/mol. The van der Waals surface area contributed by atoms with E-state index in [1.165, 1.54) is 0 Å². The van der Waals surface area contributed by atoms with E-state index < -0.39 is 34.6 Å². The number of piperidine rings is 1. The molecule has 0 unspecified atom stereocenters. The number of aliphatic carboxylic acids is 1. The summed E-state index contributed by atoms with van der Waals surface area (Å²) in [6.45, 7) is 1.45. The van der Waals surface area contributed by atoms with Crippen LogP contribution in [0.15, 0.2) is 36.5 Å². The van der Waals surface area contributed by atoms with Crippen molar-refractivity contribution in [1.82, 2.24) is 9.88 Å². The van der Waals surface area contributed by atoms with Crippen molar-refractivity contribution in [2.75, 3.05) is 33.4 Å². The van der Waals surface area contributed by atoms with Crippen LogP contribution in [0.25, 0.3) is 10.9 Å². The number of pyridine rings is 1. The smallest absolute Gasteiger partial charge is 0.309 e. The van der Waals surface area contributed by atoms with Crippen LogP contribution in [0.4, 0.5) is 13.2 Å². The van der Waals surface area contributed by atoms with Crippen LogP contribution in [0.2, 0.25) is 5.02 Å². The molecule has 0 radical (unpaired) electrons. The Labute approximate surface area is 218 Å². The number of ether oxygens (including phenoxy) is 2. The number of methoxy groups -OCH3 is 1. The highest BCUT2D eigenvalue weighted by Gasteiger charge is 2.40.